The quantitative estimate of drug-likeness (QED) is 0.796. The molecular weight excluding hydrogens is 262 g/mol. The second-order valence-corrected chi connectivity index (χ2v) is 6.15. The van der Waals surface area contributed by atoms with E-state index < -0.39 is 10.0 Å². The molecule has 17 heavy (non-hydrogen) atoms. The van der Waals surface area contributed by atoms with Gasteiger partial charge in [-0.1, -0.05) is 6.92 Å². The summed E-state index contributed by atoms with van der Waals surface area (Å²) in [4.78, 5) is 15.4. The van der Waals surface area contributed by atoms with Crippen molar-refractivity contribution in [2.75, 3.05) is 17.5 Å². The molecule has 0 aliphatic heterocycles. The molecule has 1 heterocycles. The molecule has 0 spiro atoms. The highest BCUT2D eigenvalue weighted by Gasteiger charge is 2.09. The molecule has 0 fully saturated rings. The van der Waals surface area contributed by atoms with Crippen molar-refractivity contribution in [3.05, 3.63) is 11.1 Å². The molecule has 0 bridgehead atoms. The average Bonchev–Trinajstić information content (AvgIpc) is 2.59. The number of aromatic nitrogens is 1. The minimum Gasteiger partial charge on any atom is -0.356 e. The SMILES string of the molecule is CCCNC(=O)Cc1csc(NS(C)(=O)=O)n1. The first kappa shape index (κ1) is 13.9. The van der Waals surface area contributed by atoms with Gasteiger partial charge in [-0.05, 0) is 6.42 Å². The molecule has 8 heteroatoms. The molecule has 1 aromatic heterocycles. The zero-order chi connectivity index (χ0) is 12.9. The number of carbonyl (C=O) groups excluding carboxylic acids is 1. The molecule has 0 aromatic carbocycles. The lowest BCUT2D eigenvalue weighted by Gasteiger charge is -2.00. The Morgan fingerprint density at radius 3 is 2.82 bits per heavy atom. The third-order valence-corrected chi connectivity index (χ3v) is 3.24. The zero-order valence-electron chi connectivity index (χ0n) is 9.69. The third-order valence-electron chi connectivity index (χ3n) is 1.74. The van der Waals surface area contributed by atoms with Crippen LogP contribution in [0.2, 0.25) is 0 Å². The van der Waals surface area contributed by atoms with Crippen molar-refractivity contribution in [2.24, 2.45) is 0 Å². The number of nitrogens with zero attached hydrogens (tertiary/aromatic N) is 1. The van der Waals surface area contributed by atoms with Gasteiger partial charge in [0.15, 0.2) is 5.13 Å². The average molecular weight is 277 g/mol. The van der Waals surface area contributed by atoms with E-state index in [4.69, 9.17) is 0 Å². The Kier molecular flexibility index (Phi) is 4.88. The van der Waals surface area contributed by atoms with E-state index in [1.165, 1.54) is 0 Å². The summed E-state index contributed by atoms with van der Waals surface area (Å²) in [6.45, 7) is 2.61. The first-order chi connectivity index (χ1) is 7.90. The van der Waals surface area contributed by atoms with Gasteiger partial charge in [0.05, 0.1) is 18.4 Å². The van der Waals surface area contributed by atoms with Gasteiger partial charge in [-0.2, -0.15) is 0 Å². The summed E-state index contributed by atoms with van der Waals surface area (Å²) in [5.74, 6) is -0.108. The summed E-state index contributed by atoms with van der Waals surface area (Å²) in [6, 6.07) is 0. The molecule has 0 unspecified atom stereocenters. The van der Waals surface area contributed by atoms with Crippen molar-refractivity contribution in [1.82, 2.24) is 10.3 Å². The first-order valence-electron chi connectivity index (χ1n) is 5.09. The fourth-order valence-electron chi connectivity index (χ4n) is 1.09. The van der Waals surface area contributed by atoms with Crippen molar-refractivity contribution in [2.45, 2.75) is 19.8 Å². The number of rotatable bonds is 6. The maximum atomic E-state index is 11.4. The number of amides is 1. The van der Waals surface area contributed by atoms with Crippen molar-refractivity contribution in [1.29, 1.82) is 0 Å². The fraction of sp³-hybridized carbons (Fsp3) is 0.556. The molecule has 1 amide bonds. The molecular formula is C9H15N3O3S2. The van der Waals surface area contributed by atoms with Crippen molar-refractivity contribution in [3.8, 4) is 0 Å². The molecule has 2 N–H and O–H groups in total. The van der Waals surface area contributed by atoms with E-state index in [-0.39, 0.29) is 17.5 Å². The maximum absolute atomic E-state index is 11.4. The fourth-order valence-corrected chi connectivity index (χ4v) is 2.65. The van der Waals surface area contributed by atoms with Crippen LogP contribution in [-0.4, -0.2) is 32.1 Å². The van der Waals surface area contributed by atoms with E-state index in [0.717, 1.165) is 24.0 Å². The lowest BCUT2D eigenvalue weighted by atomic mass is 10.3. The van der Waals surface area contributed by atoms with Gasteiger partial charge in [-0.3, -0.25) is 9.52 Å². The van der Waals surface area contributed by atoms with Crippen LogP contribution in [-0.2, 0) is 21.2 Å². The molecule has 0 saturated carbocycles. The molecule has 0 aliphatic carbocycles. The monoisotopic (exact) mass is 277 g/mol. The molecule has 6 nitrogen and oxygen atoms in total. The highest BCUT2D eigenvalue weighted by atomic mass is 32.2. The largest absolute Gasteiger partial charge is 0.356 e. The van der Waals surface area contributed by atoms with E-state index in [9.17, 15) is 13.2 Å². The number of hydrogen-bond acceptors (Lipinski definition) is 5. The van der Waals surface area contributed by atoms with Crippen molar-refractivity contribution >= 4 is 32.4 Å². The standard InChI is InChI=1S/C9H15N3O3S2/c1-3-4-10-8(13)5-7-6-16-9(11-7)12-17(2,14)15/h6H,3-5H2,1-2H3,(H,10,13)(H,11,12). The van der Waals surface area contributed by atoms with Crippen LogP contribution in [0.5, 0.6) is 0 Å². The van der Waals surface area contributed by atoms with Crippen LogP contribution in [0, 0.1) is 0 Å². The summed E-state index contributed by atoms with van der Waals surface area (Å²) in [5.41, 5.74) is 0.565. The molecule has 96 valence electrons. The zero-order valence-corrected chi connectivity index (χ0v) is 11.3. The van der Waals surface area contributed by atoms with Crippen LogP contribution in [0.1, 0.15) is 19.0 Å². The number of anilines is 1. The Morgan fingerprint density at radius 2 is 2.24 bits per heavy atom. The predicted octanol–water partition coefficient (Wildman–Crippen LogP) is 0.583. The smallest absolute Gasteiger partial charge is 0.231 e. The van der Waals surface area contributed by atoms with Gasteiger partial charge in [-0.15, -0.1) is 11.3 Å². The lowest BCUT2D eigenvalue weighted by Crippen LogP contribution is -2.25. The molecule has 0 saturated heterocycles. The van der Waals surface area contributed by atoms with E-state index in [2.05, 4.69) is 15.0 Å². The second-order valence-electron chi connectivity index (χ2n) is 3.54. The Labute approximate surface area is 105 Å². The van der Waals surface area contributed by atoms with Crippen LogP contribution in [0.4, 0.5) is 5.13 Å². The molecule has 0 aliphatic rings. The van der Waals surface area contributed by atoms with Gasteiger partial charge in [0, 0.05) is 11.9 Å². The number of thiazole rings is 1. The summed E-state index contributed by atoms with van der Waals surface area (Å²) in [5, 5.41) is 4.67. The van der Waals surface area contributed by atoms with Crippen molar-refractivity contribution in [3.63, 3.8) is 0 Å². The highest BCUT2D eigenvalue weighted by Crippen LogP contribution is 2.16. The van der Waals surface area contributed by atoms with Crippen LogP contribution in [0.15, 0.2) is 5.38 Å². The Morgan fingerprint density at radius 1 is 1.53 bits per heavy atom. The molecule has 1 rings (SSSR count). The number of carbonyl (C=O) groups is 1. The number of nitrogens with one attached hydrogen (secondary N) is 2. The van der Waals surface area contributed by atoms with E-state index in [1.54, 1.807) is 5.38 Å². The first-order valence-corrected chi connectivity index (χ1v) is 7.86. The lowest BCUT2D eigenvalue weighted by molar-refractivity contribution is -0.120. The van der Waals surface area contributed by atoms with Gasteiger partial charge in [-0.25, -0.2) is 13.4 Å². The molecule has 1 aromatic rings. The Balaban J connectivity index is 2.54. The number of sulfonamides is 1. The van der Waals surface area contributed by atoms with Crippen LogP contribution in [0.3, 0.4) is 0 Å². The third kappa shape index (κ3) is 5.64. The van der Waals surface area contributed by atoms with E-state index >= 15 is 0 Å². The van der Waals surface area contributed by atoms with Crippen LogP contribution in [0.25, 0.3) is 0 Å². The maximum Gasteiger partial charge on any atom is 0.231 e. The molecule has 0 radical (unpaired) electrons. The molecule has 0 atom stereocenters. The van der Waals surface area contributed by atoms with Crippen LogP contribution < -0.4 is 10.0 Å². The summed E-state index contributed by atoms with van der Waals surface area (Å²) >= 11 is 1.16. The van der Waals surface area contributed by atoms with Gasteiger partial charge >= 0.3 is 0 Å². The Hall–Kier alpha value is -1.15. The summed E-state index contributed by atoms with van der Waals surface area (Å²) < 4.78 is 24.2. The van der Waals surface area contributed by atoms with Crippen molar-refractivity contribution < 1.29 is 13.2 Å². The summed E-state index contributed by atoms with van der Waals surface area (Å²) in [7, 11) is -3.31. The predicted molar refractivity (Wildman–Crippen MR) is 67.6 cm³/mol. The van der Waals surface area contributed by atoms with E-state index in [1.807, 2.05) is 6.92 Å². The van der Waals surface area contributed by atoms with Gasteiger partial charge in [0.25, 0.3) is 0 Å². The number of hydrogen-bond donors (Lipinski definition) is 2. The minimum absolute atomic E-state index is 0.108. The van der Waals surface area contributed by atoms with Gasteiger partial charge < -0.3 is 5.32 Å². The minimum atomic E-state index is -3.31. The van der Waals surface area contributed by atoms with Gasteiger partial charge in [0.2, 0.25) is 15.9 Å². The normalized spacial score (nSPS) is 11.2. The van der Waals surface area contributed by atoms with Gasteiger partial charge in [0.1, 0.15) is 0 Å². The highest BCUT2D eigenvalue weighted by molar-refractivity contribution is 7.92. The summed E-state index contributed by atoms with van der Waals surface area (Å²) in [6.07, 6.45) is 2.10. The van der Waals surface area contributed by atoms with E-state index in [0.29, 0.717) is 12.2 Å². The van der Waals surface area contributed by atoms with Crippen LogP contribution >= 0.6 is 11.3 Å². The topological polar surface area (TPSA) is 88.2 Å². The Bertz CT molecular complexity index is 481. The second kappa shape index (κ2) is 5.97.